The summed E-state index contributed by atoms with van der Waals surface area (Å²) in [6.07, 6.45) is 3.91. The highest BCUT2D eigenvalue weighted by molar-refractivity contribution is 6.01. The van der Waals surface area contributed by atoms with Crippen molar-refractivity contribution in [3.8, 4) is 11.1 Å². The standard InChI is InChI=1S/C25H20N4O/c30-25(28-24-13-27-23-8-4-2-6-20(23)24)29-14-17-10-9-16(11-18(17)15-29)21-12-26-22-7-3-1-5-19(21)22/h1-13,26-27H,14-15H2,(H,28,30). The molecule has 0 bridgehead atoms. The first-order valence-corrected chi connectivity index (χ1v) is 10.1. The number of hydrogen-bond acceptors (Lipinski definition) is 1. The Labute approximate surface area is 173 Å². The maximum absolute atomic E-state index is 12.9. The Hall–Kier alpha value is -3.99. The monoisotopic (exact) mass is 392 g/mol. The van der Waals surface area contributed by atoms with Gasteiger partial charge in [-0.25, -0.2) is 4.79 Å². The minimum Gasteiger partial charge on any atom is -0.361 e. The molecule has 0 spiro atoms. The van der Waals surface area contributed by atoms with Crippen LogP contribution in [0.3, 0.4) is 0 Å². The number of nitrogens with one attached hydrogen (secondary N) is 3. The zero-order valence-corrected chi connectivity index (χ0v) is 16.3. The van der Waals surface area contributed by atoms with E-state index in [0.29, 0.717) is 13.1 Å². The van der Waals surface area contributed by atoms with Crippen molar-refractivity contribution < 1.29 is 4.79 Å². The molecule has 6 rings (SSSR count). The Morgan fingerprint density at radius 3 is 2.37 bits per heavy atom. The highest BCUT2D eigenvalue weighted by atomic mass is 16.2. The summed E-state index contributed by atoms with van der Waals surface area (Å²) in [5.74, 6) is 0. The lowest BCUT2D eigenvalue weighted by Crippen LogP contribution is -2.30. The van der Waals surface area contributed by atoms with Crippen LogP contribution in [-0.2, 0) is 13.1 Å². The van der Waals surface area contributed by atoms with Gasteiger partial charge in [-0.3, -0.25) is 0 Å². The number of rotatable bonds is 2. The van der Waals surface area contributed by atoms with Gasteiger partial charge in [-0.1, -0.05) is 48.5 Å². The lowest BCUT2D eigenvalue weighted by Gasteiger charge is -2.16. The predicted molar refractivity (Wildman–Crippen MR) is 120 cm³/mol. The van der Waals surface area contributed by atoms with Gasteiger partial charge in [-0.15, -0.1) is 0 Å². The molecule has 2 amide bonds. The molecule has 2 aromatic heterocycles. The van der Waals surface area contributed by atoms with E-state index in [9.17, 15) is 4.79 Å². The first kappa shape index (κ1) is 16.9. The molecule has 3 aromatic carbocycles. The van der Waals surface area contributed by atoms with Gasteiger partial charge in [0, 0.05) is 52.9 Å². The number of aromatic amines is 2. The van der Waals surface area contributed by atoms with E-state index in [1.165, 1.54) is 27.6 Å². The number of amides is 2. The van der Waals surface area contributed by atoms with Crippen molar-refractivity contribution in [3.05, 3.63) is 90.3 Å². The van der Waals surface area contributed by atoms with Crippen LogP contribution < -0.4 is 5.32 Å². The Balaban J connectivity index is 1.25. The number of hydrogen-bond donors (Lipinski definition) is 3. The summed E-state index contributed by atoms with van der Waals surface area (Å²) in [4.78, 5) is 21.3. The number of carbonyl (C=O) groups is 1. The van der Waals surface area contributed by atoms with Gasteiger partial charge in [0.1, 0.15) is 0 Å². The second-order valence-corrected chi connectivity index (χ2v) is 7.77. The van der Waals surface area contributed by atoms with Crippen LogP contribution in [-0.4, -0.2) is 20.9 Å². The minimum absolute atomic E-state index is 0.0791. The second-order valence-electron chi connectivity index (χ2n) is 7.77. The number of para-hydroxylation sites is 2. The summed E-state index contributed by atoms with van der Waals surface area (Å²) in [5, 5.41) is 5.29. The lowest BCUT2D eigenvalue weighted by molar-refractivity contribution is 0.212. The van der Waals surface area contributed by atoms with Crippen LogP contribution in [0.4, 0.5) is 10.5 Å². The van der Waals surface area contributed by atoms with E-state index in [0.717, 1.165) is 22.1 Å². The average Bonchev–Trinajstić information content (AvgIpc) is 3.50. The van der Waals surface area contributed by atoms with Gasteiger partial charge in [0.15, 0.2) is 0 Å². The maximum Gasteiger partial charge on any atom is 0.322 e. The van der Waals surface area contributed by atoms with E-state index in [1.807, 2.05) is 41.4 Å². The number of benzene rings is 3. The quantitative estimate of drug-likeness (QED) is 0.346. The summed E-state index contributed by atoms with van der Waals surface area (Å²) >= 11 is 0. The molecule has 5 heteroatoms. The van der Waals surface area contributed by atoms with E-state index in [2.05, 4.69) is 57.9 Å². The second kappa shape index (κ2) is 6.52. The van der Waals surface area contributed by atoms with Gasteiger partial charge < -0.3 is 20.2 Å². The molecule has 1 aliphatic rings. The smallest absolute Gasteiger partial charge is 0.322 e. The topological polar surface area (TPSA) is 63.9 Å². The van der Waals surface area contributed by atoms with Crippen LogP contribution in [0.5, 0.6) is 0 Å². The molecule has 0 fully saturated rings. The zero-order valence-electron chi connectivity index (χ0n) is 16.3. The molecule has 5 aromatic rings. The largest absolute Gasteiger partial charge is 0.361 e. The molecule has 0 unspecified atom stereocenters. The van der Waals surface area contributed by atoms with E-state index < -0.39 is 0 Å². The number of fused-ring (bicyclic) bond motifs is 3. The number of urea groups is 1. The van der Waals surface area contributed by atoms with Gasteiger partial charge in [0.2, 0.25) is 0 Å². The van der Waals surface area contributed by atoms with Crippen molar-refractivity contribution in [2.75, 3.05) is 5.32 Å². The molecule has 3 heterocycles. The van der Waals surface area contributed by atoms with E-state index in [4.69, 9.17) is 0 Å². The molecule has 0 radical (unpaired) electrons. The summed E-state index contributed by atoms with van der Waals surface area (Å²) in [7, 11) is 0. The number of H-pyrrole nitrogens is 2. The van der Waals surface area contributed by atoms with Gasteiger partial charge in [0.05, 0.1) is 5.69 Å². The highest BCUT2D eigenvalue weighted by Crippen LogP contribution is 2.33. The maximum atomic E-state index is 12.9. The van der Waals surface area contributed by atoms with Crippen molar-refractivity contribution in [1.82, 2.24) is 14.9 Å². The van der Waals surface area contributed by atoms with Crippen LogP contribution in [0.1, 0.15) is 11.1 Å². The fourth-order valence-corrected chi connectivity index (χ4v) is 4.39. The van der Waals surface area contributed by atoms with Gasteiger partial charge >= 0.3 is 6.03 Å². The summed E-state index contributed by atoms with van der Waals surface area (Å²) in [6.45, 7) is 1.23. The number of carbonyl (C=O) groups excluding carboxylic acids is 1. The molecule has 0 saturated carbocycles. The molecule has 146 valence electrons. The number of nitrogens with zero attached hydrogens (tertiary/aromatic N) is 1. The highest BCUT2D eigenvalue weighted by Gasteiger charge is 2.24. The molecule has 5 nitrogen and oxygen atoms in total. The van der Waals surface area contributed by atoms with E-state index >= 15 is 0 Å². The molecule has 30 heavy (non-hydrogen) atoms. The average molecular weight is 392 g/mol. The van der Waals surface area contributed by atoms with Crippen molar-refractivity contribution in [2.45, 2.75) is 13.1 Å². The SMILES string of the molecule is O=C(Nc1c[nH]c2ccccc12)N1Cc2ccc(-c3c[nH]c4ccccc34)cc2C1. The first-order chi connectivity index (χ1) is 14.8. The summed E-state index contributed by atoms with van der Waals surface area (Å²) in [5.41, 5.74) is 7.72. The van der Waals surface area contributed by atoms with Crippen molar-refractivity contribution >= 4 is 33.5 Å². The van der Waals surface area contributed by atoms with Gasteiger partial charge in [-0.2, -0.15) is 0 Å². The zero-order chi connectivity index (χ0) is 20.1. The van der Waals surface area contributed by atoms with E-state index in [-0.39, 0.29) is 6.03 Å². The fourth-order valence-electron chi connectivity index (χ4n) is 4.39. The van der Waals surface area contributed by atoms with Crippen LogP contribution in [0.15, 0.2) is 79.1 Å². The molecular weight excluding hydrogens is 372 g/mol. The van der Waals surface area contributed by atoms with Crippen LogP contribution in [0.2, 0.25) is 0 Å². The minimum atomic E-state index is -0.0791. The number of aromatic nitrogens is 2. The lowest BCUT2D eigenvalue weighted by atomic mass is 10.0. The Kier molecular flexibility index (Phi) is 3.68. The summed E-state index contributed by atoms with van der Waals surface area (Å²) in [6, 6.07) is 22.7. The third-order valence-corrected chi connectivity index (χ3v) is 5.95. The fraction of sp³-hybridized carbons (Fsp3) is 0.0800. The van der Waals surface area contributed by atoms with Gasteiger partial charge in [-0.05, 0) is 34.9 Å². The van der Waals surface area contributed by atoms with Crippen molar-refractivity contribution in [3.63, 3.8) is 0 Å². The van der Waals surface area contributed by atoms with Gasteiger partial charge in [0.25, 0.3) is 0 Å². The van der Waals surface area contributed by atoms with E-state index in [1.54, 1.807) is 0 Å². The third kappa shape index (κ3) is 2.67. The molecule has 1 aliphatic heterocycles. The molecule has 0 saturated heterocycles. The normalized spacial score (nSPS) is 13.1. The Morgan fingerprint density at radius 2 is 1.50 bits per heavy atom. The van der Waals surface area contributed by atoms with Crippen LogP contribution in [0, 0.1) is 0 Å². The van der Waals surface area contributed by atoms with Crippen molar-refractivity contribution in [1.29, 1.82) is 0 Å². The Morgan fingerprint density at radius 1 is 0.800 bits per heavy atom. The number of anilines is 1. The molecule has 0 atom stereocenters. The predicted octanol–water partition coefficient (Wildman–Crippen LogP) is 5.86. The van der Waals surface area contributed by atoms with Crippen LogP contribution >= 0.6 is 0 Å². The first-order valence-electron chi connectivity index (χ1n) is 10.1. The van der Waals surface area contributed by atoms with Crippen LogP contribution in [0.25, 0.3) is 32.9 Å². The van der Waals surface area contributed by atoms with Crippen molar-refractivity contribution in [2.24, 2.45) is 0 Å². The summed E-state index contributed by atoms with van der Waals surface area (Å²) < 4.78 is 0. The third-order valence-electron chi connectivity index (χ3n) is 5.95. The Bertz CT molecular complexity index is 1410. The molecule has 0 aliphatic carbocycles. The molecule has 3 N–H and O–H groups in total. The molecular formula is C25H20N4O.